The Kier molecular flexibility index (Phi) is 3.26. The molecule has 0 spiro atoms. The number of nitrogens with one attached hydrogen (secondary N) is 2. The molecule has 2 fully saturated rings. The summed E-state index contributed by atoms with van der Waals surface area (Å²) < 4.78 is 0. The van der Waals surface area contributed by atoms with Crippen molar-refractivity contribution >= 4 is 5.91 Å². The number of aliphatic hydroxyl groups excluding tert-OH is 1. The lowest BCUT2D eigenvalue weighted by Crippen LogP contribution is -2.51. The van der Waals surface area contributed by atoms with E-state index in [2.05, 4.69) is 10.6 Å². The average molecular weight is 212 g/mol. The van der Waals surface area contributed by atoms with Crippen LogP contribution >= 0.6 is 0 Å². The van der Waals surface area contributed by atoms with Gasteiger partial charge in [0.1, 0.15) is 0 Å². The molecule has 1 aliphatic carbocycles. The second kappa shape index (κ2) is 4.49. The van der Waals surface area contributed by atoms with Gasteiger partial charge in [-0.05, 0) is 25.8 Å². The first kappa shape index (κ1) is 10.9. The van der Waals surface area contributed by atoms with Crippen LogP contribution in [0.15, 0.2) is 0 Å². The summed E-state index contributed by atoms with van der Waals surface area (Å²) >= 11 is 0. The number of aliphatic hydroxyl groups is 1. The van der Waals surface area contributed by atoms with Crippen molar-refractivity contribution in [3.8, 4) is 0 Å². The Morgan fingerprint density at radius 2 is 2.20 bits per heavy atom. The van der Waals surface area contributed by atoms with Crippen molar-refractivity contribution in [3.05, 3.63) is 0 Å². The van der Waals surface area contributed by atoms with Crippen molar-refractivity contribution in [2.75, 3.05) is 19.7 Å². The summed E-state index contributed by atoms with van der Waals surface area (Å²) in [6.07, 6.45) is 5.01. The van der Waals surface area contributed by atoms with Gasteiger partial charge in [0.05, 0.1) is 18.1 Å². The zero-order valence-electron chi connectivity index (χ0n) is 9.09. The van der Waals surface area contributed by atoms with Crippen LogP contribution in [0.5, 0.6) is 0 Å². The molecule has 4 nitrogen and oxygen atoms in total. The molecule has 1 saturated carbocycles. The highest BCUT2D eigenvalue weighted by molar-refractivity contribution is 5.80. The lowest BCUT2D eigenvalue weighted by molar-refractivity contribution is -0.127. The maximum atomic E-state index is 11.9. The van der Waals surface area contributed by atoms with Gasteiger partial charge in [-0.3, -0.25) is 4.79 Å². The number of rotatable bonds is 3. The summed E-state index contributed by atoms with van der Waals surface area (Å²) in [5.41, 5.74) is -0.306. The minimum absolute atomic E-state index is 0.0822. The summed E-state index contributed by atoms with van der Waals surface area (Å²) in [6.45, 7) is 1.80. The molecular formula is C11H20N2O2. The molecule has 0 aromatic rings. The molecule has 1 saturated heterocycles. The van der Waals surface area contributed by atoms with Crippen LogP contribution < -0.4 is 10.6 Å². The first-order valence-electron chi connectivity index (χ1n) is 5.89. The van der Waals surface area contributed by atoms with Crippen molar-refractivity contribution in [1.29, 1.82) is 0 Å². The molecule has 1 atom stereocenters. The van der Waals surface area contributed by atoms with E-state index in [1.807, 2.05) is 0 Å². The Bertz CT molecular complexity index is 231. The summed E-state index contributed by atoms with van der Waals surface area (Å²) in [5, 5.41) is 15.6. The van der Waals surface area contributed by atoms with Crippen LogP contribution in [0.2, 0.25) is 0 Å². The van der Waals surface area contributed by atoms with E-state index >= 15 is 0 Å². The van der Waals surface area contributed by atoms with Gasteiger partial charge < -0.3 is 15.7 Å². The number of carbonyl (C=O) groups is 1. The van der Waals surface area contributed by atoms with Gasteiger partial charge in [0, 0.05) is 6.54 Å². The number of amides is 1. The summed E-state index contributed by atoms with van der Waals surface area (Å²) in [6, 6.07) is 0. The summed E-state index contributed by atoms with van der Waals surface area (Å²) in [4.78, 5) is 11.9. The number of hydrogen-bond acceptors (Lipinski definition) is 3. The second-order valence-corrected chi connectivity index (χ2v) is 4.82. The van der Waals surface area contributed by atoms with Crippen LogP contribution in [0.1, 0.15) is 32.1 Å². The maximum absolute atomic E-state index is 11.9. The minimum Gasteiger partial charge on any atom is -0.394 e. The molecule has 2 rings (SSSR count). The number of carbonyl (C=O) groups excluding carboxylic acids is 1. The Hall–Kier alpha value is -0.610. The van der Waals surface area contributed by atoms with Crippen molar-refractivity contribution in [2.24, 2.45) is 5.92 Å². The fourth-order valence-corrected chi connectivity index (χ4v) is 2.62. The van der Waals surface area contributed by atoms with Crippen molar-refractivity contribution in [2.45, 2.75) is 37.6 Å². The number of hydrogen-bond donors (Lipinski definition) is 3. The van der Waals surface area contributed by atoms with Crippen molar-refractivity contribution in [1.82, 2.24) is 10.6 Å². The minimum atomic E-state index is -0.306. The fourth-order valence-electron chi connectivity index (χ4n) is 2.62. The molecule has 1 amide bonds. The van der Waals surface area contributed by atoms with Crippen LogP contribution in [0.3, 0.4) is 0 Å². The van der Waals surface area contributed by atoms with E-state index in [9.17, 15) is 9.90 Å². The van der Waals surface area contributed by atoms with Gasteiger partial charge in [-0.15, -0.1) is 0 Å². The zero-order chi connectivity index (χ0) is 10.7. The molecular weight excluding hydrogens is 192 g/mol. The van der Waals surface area contributed by atoms with Crippen molar-refractivity contribution < 1.29 is 9.90 Å². The Morgan fingerprint density at radius 1 is 1.47 bits per heavy atom. The largest absolute Gasteiger partial charge is 0.394 e. The van der Waals surface area contributed by atoms with E-state index < -0.39 is 0 Å². The normalized spacial score (nSPS) is 29.3. The third-order valence-electron chi connectivity index (χ3n) is 3.68. The van der Waals surface area contributed by atoms with Crippen LogP contribution in [-0.4, -0.2) is 36.2 Å². The van der Waals surface area contributed by atoms with Gasteiger partial charge in [-0.1, -0.05) is 12.8 Å². The highest BCUT2D eigenvalue weighted by atomic mass is 16.3. The van der Waals surface area contributed by atoms with E-state index in [1.54, 1.807) is 0 Å². The van der Waals surface area contributed by atoms with Crippen molar-refractivity contribution in [3.63, 3.8) is 0 Å². The first-order valence-corrected chi connectivity index (χ1v) is 5.89. The lowest BCUT2D eigenvalue weighted by Gasteiger charge is -2.29. The third kappa shape index (κ3) is 2.32. The van der Waals surface area contributed by atoms with Crippen LogP contribution in [-0.2, 0) is 4.79 Å². The predicted octanol–water partition coefficient (Wildman–Crippen LogP) is 0.0172. The van der Waals surface area contributed by atoms with E-state index in [0.29, 0.717) is 0 Å². The SMILES string of the molecule is O=C(NC1(CO)CCCC1)C1CCNC1. The van der Waals surface area contributed by atoms with Gasteiger partial charge in [0.2, 0.25) is 5.91 Å². The van der Waals surface area contributed by atoms with Gasteiger partial charge in [-0.25, -0.2) is 0 Å². The van der Waals surface area contributed by atoms with Crippen LogP contribution in [0.4, 0.5) is 0 Å². The molecule has 0 aromatic heterocycles. The van der Waals surface area contributed by atoms with Gasteiger partial charge in [-0.2, -0.15) is 0 Å². The molecule has 0 aromatic carbocycles. The summed E-state index contributed by atoms with van der Waals surface area (Å²) in [7, 11) is 0. The Labute approximate surface area is 90.4 Å². The monoisotopic (exact) mass is 212 g/mol. The fraction of sp³-hybridized carbons (Fsp3) is 0.909. The topological polar surface area (TPSA) is 61.4 Å². The predicted molar refractivity (Wildman–Crippen MR) is 57.4 cm³/mol. The zero-order valence-corrected chi connectivity index (χ0v) is 9.09. The van der Waals surface area contributed by atoms with Crippen LogP contribution in [0.25, 0.3) is 0 Å². The van der Waals surface area contributed by atoms with E-state index in [-0.39, 0.29) is 24.0 Å². The van der Waals surface area contributed by atoms with Gasteiger partial charge >= 0.3 is 0 Å². The highest BCUT2D eigenvalue weighted by Gasteiger charge is 2.36. The summed E-state index contributed by atoms with van der Waals surface area (Å²) in [5.74, 6) is 0.227. The van der Waals surface area contributed by atoms with E-state index in [0.717, 1.165) is 45.2 Å². The second-order valence-electron chi connectivity index (χ2n) is 4.82. The molecule has 1 heterocycles. The third-order valence-corrected chi connectivity index (χ3v) is 3.68. The first-order chi connectivity index (χ1) is 7.26. The van der Waals surface area contributed by atoms with Gasteiger partial charge in [0.15, 0.2) is 0 Å². The lowest BCUT2D eigenvalue weighted by atomic mass is 9.97. The van der Waals surface area contributed by atoms with E-state index in [1.165, 1.54) is 0 Å². The molecule has 1 aliphatic heterocycles. The molecule has 3 N–H and O–H groups in total. The smallest absolute Gasteiger partial charge is 0.224 e. The molecule has 0 radical (unpaired) electrons. The molecule has 1 unspecified atom stereocenters. The molecule has 4 heteroatoms. The standard InChI is InChI=1S/C11H20N2O2/c14-8-11(4-1-2-5-11)13-10(15)9-3-6-12-7-9/h9,12,14H,1-8H2,(H,13,15). The molecule has 15 heavy (non-hydrogen) atoms. The molecule has 0 bridgehead atoms. The average Bonchev–Trinajstić information content (AvgIpc) is 2.88. The van der Waals surface area contributed by atoms with Gasteiger partial charge in [0.25, 0.3) is 0 Å². The Balaban J connectivity index is 1.91. The maximum Gasteiger partial charge on any atom is 0.224 e. The van der Waals surface area contributed by atoms with Crippen LogP contribution in [0, 0.1) is 5.92 Å². The highest BCUT2D eigenvalue weighted by Crippen LogP contribution is 2.29. The quantitative estimate of drug-likeness (QED) is 0.618. The Morgan fingerprint density at radius 3 is 2.73 bits per heavy atom. The van der Waals surface area contributed by atoms with E-state index in [4.69, 9.17) is 0 Å². The molecule has 86 valence electrons. The molecule has 2 aliphatic rings.